The summed E-state index contributed by atoms with van der Waals surface area (Å²) in [5.74, 6) is 0. The van der Waals surface area contributed by atoms with Gasteiger partial charge in [0, 0.05) is 17.0 Å². The van der Waals surface area contributed by atoms with Crippen LogP contribution < -0.4 is 5.73 Å². The summed E-state index contributed by atoms with van der Waals surface area (Å²) in [5, 5.41) is 1.65. The standard InChI is InChI=1S/C6H13NS/c1-5(4-7)8-6-2-3-6/h5-6H,2-4,7H2,1H3. The molecule has 2 heteroatoms. The molecule has 1 rings (SSSR count). The lowest BCUT2D eigenvalue weighted by Crippen LogP contribution is -2.12. The molecule has 0 spiro atoms. The fraction of sp³-hybridized carbons (Fsp3) is 1.00. The zero-order valence-corrected chi connectivity index (χ0v) is 6.08. The first-order valence-electron chi connectivity index (χ1n) is 3.18. The van der Waals surface area contributed by atoms with Crippen LogP contribution in [0.2, 0.25) is 0 Å². The van der Waals surface area contributed by atoms with Crippen LogP contribution >= 0.6 is 11.8 Å². The van der Waals surface area contributed by atoms with Gasteiger partial charge in [-0.3, -0.25) is 0 Å². The predicted octanol–water partition coefficient (Wildman–Crippen LogP) is 1.23. The molecule has 1 atom stereocenters. The number of nitrogens with two attached hydrogens (primary N) is 1. The molecule has 0 heterocycles. The summed E-state index contributed by atoms with van der Waals surface area (Å²) in [4.78, 5) is 0. The summed E-state index contributed by atoms with van der Waals surface area (Å²) in [5.41, 5.74) is 5.43. The molecular formula is C6H13NS. The van der Waals surface area contributed by atoms with Gasteiger partial charge in [0.25, 0.3) is 0 Å². The number of hydrogen-bond acceptors (Lipinski definition) is 2. The van der Waals surface area contributed by atoms with E-state index in [-0.39, 0.29) is 0 Å². The van der Waals surface area contributed by atoms with Gasteiger partial charge in [-0.15, -0.1) is 0 Å². The van der Waals surface area contributed by atoms with Gasteiger partial charge in [-0.05, 0) is 12.8 Å². The second-order valence-corrected chi connectivity index (χ2v) is 4.13. The van der Waals surface area contributed by atoms with E-state index in [1.165, 1.54) is 12.8 Å². The van der Waals surface area contributed by atoms with Gasteiger partial charge in [-0.2, -0.15) is 11.8 Å². The average Bonchev–Trinajstić information content (AvgIpc) is 2.50. The molecule has 0 aromatic heterocycles. The Hall–Kier alpha value is 0.310. The van der Waals surface area contributed by atoms with Gasteiger partial charge in [0.15, 0.2) is 0 Å². The zero-order valence-electron chi connectivity index (χ0n) is 5.26. The first kappa shape index (κ1) is 6.43. The van der Waals surface area contributed by atoms with Crippen molar-refractivity contribution >= 4 is 11.8 Å². The van der Waals surface area contributed by atoms with Gasteiger partial charge in [-0.1, -0.05) is 6.92 Å². The predicted molar refractivity (Wildman–Crippen MR) is 39.1 cm³/mol. The molecule has 2 N–H and O–H groups in total. The second kappa shape index (κ2) is 2.74. The van der Waals surface area contributed by atoms with E-state index in [9.17, 15) is 0 Å². The van der Waals surface area contributed by atoms with Crippen molar-refractivity contribution in [1.82, 2.24) is 0 Å². The molecule has 0 aromatic rings. The summed E-state index contributed by atoms with van der Waals surface area (Å²) in [6, 6.07) is 0. The lowest BCUT2D eigenvalue weighted by Gasteiger charge is -2.04. The van der Waals surface area contributed by atoms with Crippen LogP contribution in [0.15, 0.2) is 0 Å². The Kier molecular flexibility index (Phi) is 2.20. The van der Waals surface area contributed by atoms with Gasteiger partial charge in [0.05, 0.1) is 0 Å². The highest BCUT2D eigenvalue weighted by molar-refractivity contribution is 8.00. The quantitative estimate of drug-likeness (QED) is 0.623. The molecule has 48 valence electrons. The monoisotopic (exact) mass is 131 g/mol. The van der Waals surface area contributed by atoms with E-state index < -0.39 is 0 Å². The van der Waals surface area contributed by atoms with Gasteiger partial charge < -0.3 is 5.73 Å². The molecule has 0 saturated heterocycles. The molecule has 0 aromatic carbocycles. The van der Waals surface area contributed by atoms with Crippen molar-refractivity contribution in [3.05, 3.63) is 0 Å². The number of rotatable bonds is 3. The van der Waals surface area contributed by atoms with Gasteiger partial charge in [0.2, 0.25) is 0 Å². The summed E-state index contributed by atoms with van der Waals surface area (Å²) in [6.45, 7) is 3.03. The van der Waals surface area contributed by atoms with Crippen molar-refractivity contribution < 1.29 is 0 Å². The second-order valence-electron chi connectivity index (χ2n) is 2.38. The molecular weight excluding hydrogens is 118 g/mol. The molecule has 1 saturated carbocycles. The van der Waals surface area contributed by atoms with E-state index >= 15 is 0 Å². The topological polar surface area (TPSA) is 26.0 Å². The maximum absolute atomic E-state index is 5.43. The van der Waals surface area contributed by atoms with Crippen LogP contribution in [0, 0.1) is 0 Å². The Balaban J connectivity index is 1.98. The molecule has 1 aliphatic carbocycles. The Morgan fingerprint density at radius 1 is 1.75 bits per heavy atom. The van der Waals surface area contributed by atoms with Crippen molar-refractivity contribution in [2.75, 3.05) is 6.54 Å². The van der Waals surface area contributed by atoms with Crippen LogP contribution in [0.25, 0.3) is 0 Å². The molecule has 0 radical (unpaired) electrons. The van der Waals surface area contributed by atoms with Crippen LogP contribution in [-0.2, 0) is 0 Å². The minimum atomic E-state index is 0.683. The maximum Gasteiger partial charge on any atom is 0.0144 e. The normalized spacial score (nSPS) is 23.2. The van der Waals surface area contributed by atoms with E-state index in [1.54, 1.807) is 0 Å². The third-order valence-electron chi connectivity index (χ3n) is 1.28. The Labute approximate surface area is 55.0 Å². The highest BCUT2D eigenvalue weighted by Gasteiger charge is 2.23. The Morgan fingerprint density at radius 2 is 2.38 bits per heavy atom. The van der Waals surface area contributed by atoms with Crippen molar-refractivity contribution in [3.8, 4) is 0 Å². The third kappa shape index (κ3) is 2.05. The lowest BCUT2D eigenvalue weighted by molar-refractivity contribution is 0.950. The van der Waals surface area contributed by atoms with E-state index in [0.29, 0.717) is 5.25 Å². The minimum absolute atomic E-state index is 0.683. The van der Waals surface area contributed by atoms with Gasteiger partial charge in [-0.25, -0.2) is 0 Å². The molecule has 1 unspecified atom stereocenters. The van der Waals surface area contributed by atoms with Crippen LogP contribution in [0.1, 0.15) is 19.8 Å². The van der Waals surface area contributed by atoms with Gasteiger partial charge in [0.1, 0.15) is 0 Å². The van der Waals surface area contributed by atoms with E-state index in [4.69, 9.17) is 5.73 Å². The van der Waals surface area contributed by atoms with Crippen molar-refractivity contribution in [3.63, 3.8) is 0 Å². The molecule has 1 aliphatic rings. The molecule has 1 nitrogen and oxygen atoms in total. The van der Waals surface area contributed by atoms with Crippen LogP contribution in [-0.4, -0.2) is 17.0 Å². The van der Waals surface area contributed by atoms with Crippen molar-refractivity contribution in [2.45, 2.75) is 30.3 Å². The highest BCUT2D eigenvalue weighted by atomic mass is 32.2. The van der Waals surface area contributed by atoms with Crippen molar-refractivity contribution in [1.29, 1.82) is 0 Å². The van der Waals surface area contributed by atoms with Gasteiger partial charge >= 0.3 is 0 Å². The molecule has 0 bridgehead atoms. The van der Waals surface area contributed by atoms with Crippen LogP contribution in [0.4, 0.5) is 0 Å². The summed E-state index contributed by atoms with van der Waals surface area (Å²) in [7, 11) is 0. The molecule has 0 aliphatic heterocycles. The summed E-state index contributed by atoms with van der Waals surface area (Å²) >= 11 is 2.04. The molecule has 1 fully saturated rings. The number of hydrogen-bond donors (Lipinski definition) is 1. The summed E-state index contributed by atoms with van der Waals surface area (Å²) in [6.07, 6.45) is 2.85. The first-order valence-corrected chi connectivity index (χ1v) is 4.12. The SMILES string of the molecule is CC(CN)SC1CC1. The largest absolute Gasteiger partial charge is 0.329 e. The van der Waals surface area contributed by atoms with Crippen molar-refractivity contribution in [2.24, 2.45) is 5.73 Å². The Bertz CT molecular complexity index is 70.9. The fourth-order valence-corrected chi connectivity index (χ4v) is 1.76. The highest BCUT2D eigenvalue weighted by Crippen LogP contribution is 2.36. The third-order valence-corrected chi connectivity index (χ3v) is 2.79. The fourth-order valence-electron chi connectivity index (χ4n) is 0.588. The molecule has 8 heavy (non-hydrogen) atoms. The number of thioether (sulfide) groups is 1. The first-order chi connectivity index (χ1) is 3.83. The van der Waals surface area contributed by atoms with Crippen LogP contribution in [0.5, 0.6) is 0 Å². The average molecular weight is 131 g/mol. The summed E-state index contributed by atoms with van der Waals surface area (Å²) < 4.78 is 0. The van der Waals surface area contributed by atoms with E-state index in [2.05, 4.69) is 6.92 Å². The Morgan fingerprint density at radius 3 is 2.75 bits per heavy atom. The smallest absolute Gasteiger partial charge is 0.0144 e. The lowest BCUT2D eigenvalue weighted by atomic mass is 10.5. The van der Waals surface area contributed by atoms with Crippen LogP contribution in [0.3, 0.4) is 0 Å². The van der Waals surface area contributed by atoms with E-state index in [1.807, 2.05) is 11.8 Å². The van der Waals surface area contributed by atoms with E-state index in [0.717, 1.165) is 11.8 Å². The zero-order chi connectivity index (χ0) is 5.98. The minimum Gasteiger partial charge on any atom is -0.329 e. The molecule has 0 amide bonds. The maximum atomic E-state index is 5.43.